The first kappa shape index (κ1) is 18.9. The summed E-state index contributed by atoms with van der Waals surface area (Å²) in [5.41, 5.74) is 13.9. The van der Waals surface area contributed by atoms with E-state index in [1.54, 1.807) is 0 Å². The molecular weight excluding hydrogens is 302 g/mol. The molecular formula is C18H31N5O. The molecule has 0 bridgehead atoms. The van der Waals surface area contributed by atoms with Crippen LogP contribution in [-0.2, 0) is 11.3 Å². The smallest absolute Gasteiger partial charge is 0.240 e. The van der Waals surface area contributed by atoms with Gasteiger partial charge in [0, 0.05) is 37.6 Å². The van der Waals surface area contributed by atoms with Gasteiger partial charge in [0.05, 0.1) is 6.04 Å². The molecule has 134 valence electrons. The number of likely N-dealkylation sites (N-methyl/N-ethyl adjacent to an activating group) is 1. The average Bonchev–Trinajstić information content (AvgIpc) is 2.89. The third kappa shape index (κ3) is 4.77. The maximum Gasteiger partial charge on any atom is 0.240 e. The van der Waals surface area contributed by atoms with Crippen LogP contribution in [0.1, 0.15) is 19.4 Å². The highest BCUT2D eigenvalue weighted by Gasteiger charge is 2.39. The average molecular weight is 333 g/mol. The number of amides is 1. The minimum Gasteiger partial charge on any atom is -0.336 e. The van der Waals surface area contributed by atoms with Crippen LogP contribution >= 0.6 is 0 Å². The highest BCUT2D eigenvalue weighted by Crippen LogP contribution is 2.19. The van der Waals surface area contributed by atoms with Gasteiger partial charge in [0.2, 0.25) is 5.91 Å². The zero-order chi connectivity index (χ0) is 17.7. The van der Waals surface area contributed by atoms with Crippen molar-refractivity contribution < 1.29 is 4.79 Å². The zero-order valence-corrected chi connectivity index (χ0v) is 15.2. The van der Waals surface area contributed by atoms with Crippen molar-refractivity contribution in [2.24, 2.45) is 11.7 Å². The molecule has 1 aromatic rings. The number of carbonyl (C=O) groups is 1. The predicted molar refractivity (Wildman–Crippen MR) is 97.1 cm³/mol. The number of rotatable bonds is 7. The molecule has 0 saturated carbocycles. The van der Waals surface area contributed by atoms with Gasteiger partial charge in [-0.1, -0.05) is 30.3 Å². The van der Waals surface area contributed by atoms with Crippen molar-refractivity contribution in [3.8, 4) is 0 Å². The quantitative estimate of drug-likeness (QED) is 0.674. The van der Waals surface area contributed by atoms with E-state index in [2.05, 4.69) is 29.6 Å². The second-order valence-electron chi connectivity index (χ2n) is 7.02. The Hall–Kier alpha value is -1.47. The fraction of sp³-hybridized carbons (Fsp3) is 0.611. The molecule has 0 spiro atoms. The third-order valence-corrected chi connectivity index (χ3v) is 4.74. The molecule has 3 unspecified atom stereocenters. The van der Waals surface area contributed by atoms with E-state index in [0.717, 1.165) is 12.1 Å². The Balaban J connectivity index is 2.10. The third-order valence-electron chi connectivity index (χ3n) is 4.74. The fourth-order valence-corrected chi connectivity index (χ4v) is 3.28. The molecule has 1 fully saturated rings. The van der Waals surface area contributed by atoms with Gasteiger partial charge in [-0.05, 0) is 33.5 Å². The largest absolute Gasteiger partial charge is 0.336 e. The summed E-state index contributed by atoms with van der Waals surface area (Å²) < 4.78 is 0. The Labute approximate surface area is 145 Å². The van der Waals surface area contributed by atoms with E-state index < -0.39 is 6.04 Å². The minimum absolute atomic E-state index is 0.0231. The van der Waals surface area contributed by atoms with Crippen LogP contribution in [0.25, 0.3) is 0 Å². The van der Waals surface area contributed by atoms with Gasteiger partial charge < -0.3 is 15.5 Å². The van der Waals surface area contributed by atoms with Gasteiger partial charge in [0.15, 0.2) is 0 Å². The normalized spacial score (nSPS) is 25.0. The molecule has 2 rings (SSSR count). The van der Waals surface area contributed by atoms with Crippen molar-refractivity contribution in [1.29, 1.82) is 0 Å². The lowest BCUT2D eigenvalue weighted by Gasteiger charge is -2.31. The van der Waals surface area contributed by atoms with Crippen LogP contribution in [0.3, 0.4) is 0 Å². The Morgan fingerprint density at radius 2 is 1.71 bits per heavy atom. The van der Waals surface area contributed by atoms with Crippen LogP contribution in [0.5, 0.6) is 0 Å². The van der Waals surface area contributed by atoms with Crippen LogP contribution < -0.4 is 16.6 Å². The molecule has 1 saturated heterocycles. The molecule has 1 aliphatic heterocycles. The van der Waals surface area contributed by atoms with Gasteiger partial charge >= 0.3 is 0 Å². The topological polar surface area (TPSA) is 73.6 Å². The van der Waals surface area contributed by atoms with Crippen LogP contribution in [0, 0.1) is 5.92 Å². The van der Waals surface area contributed by atoms with E-state index in [9.17, 15) is 4.79 Å². The molecule has 4 N–H and O–H groups in total. The van der Waals surface area contributed by atoms with E-state index in [1.165, 1.54) is 0 Å². The van der Waals surface area contributed by atoms with Crippen molar-refractivity contribution in [2.45, 2.75) is 38.5 Å². The summed E-state index contributed by atoms with van der Waals surface area (Å²) in [6, 6.07) is 9.91. The summed E-state index contributed by atoms with van der Waals surface area (Å²) in [5.74, 6) is 0.102. The van der Waals surface area contributed by atoms with Crippen molar-refractivity contribution in [3.63, 3.8) is 0 Å². The molecule has 6 nitrogen and oxygen atoms in total. The highest BCUT2D eigenvalue weighted by atomic mass is 16.2. The van der Waals surface area contributed by atoms with Crippen LogP contribution in [-0.4, -0.2) is 61.0 Å². The summed E-state index contributed by atoms with van der Waals surface area (Å²) in [7, 11) is 4.03. The molecule has 0 radical (unpaired) electrons. The number of hydrogen-bond donors (Lipinski definition) is 3. The summed E-state index contributed by atoms with van der Waals surface area (Å²) in [6.07, 6.45) is 0. The summed E-state index contributed by atoms with van der Waals surface area (Å²) in [6.45, 7) is 6.21. The van der Waals surface area contributed by atoms with Crippen molar-refractivity contribution in [2.75, 3.05) is 27.2 Å². The molecule has 0 aliphatic carbocycles. The number of hydrogen-bond acceptors (Lipinski definition) is 5. The van der Waals surface area contributed by atoms with Crippen molar-refractivity contribution in [3.05, 3.63) is 35.9 Å². The summed E-state index contributed by atoms with van der Waals surface area (Å²) >= 11 is 0. The maximum absolute atomic E-state index is 13.1. The SMILES string of the molecule is CC1NNC(C)C1C(N)C(=O)N(CCN(C)C)Cc1ccccc1. The van der Waals surface area contributed by atoms with Gasteiger partial charge in [-0.15, -0.1) is 0 Å². The second kappa shape index (κ2) is 8.58. The minimum atomic E-state index is -0.511. The van der Waals surface area contributed by atoms with Crippen molar-refractivity contribution in [1.82, 2.24) is 20.7 Å². The van der Waals surface area contributed by atoms with E-state index in [-0.39, 0.29) is 23.9 Å². The highest BCUT2D eigenvalue weighted by molar-refractivity contribution is 5.82. The molecule has 3 atom stereocenters. The molecule has 1 aromatic carbocycles. The Bertz CT molecular complexity index is 511. The molecule has 6 heteroatoms. The Kier molecular flexibility index (Phi) is 6.74. The number of nitrogens with two attached hydrogens (primary N) is 1. The van der Waals surface area contributed by atoms with E-state index in [4.69, 9.17) is 5.73 Å². The van der Waals surface area contributed by atoms with Gasteiger partial charge in [-0.3, -0.25) is 15.6 Å². The van der Waals surface area contributed by atoms with Gasteiger partial charge in [-0.25, -0.2) is 0 Å². The molecule has 1 amide bonds. The maximum atomic E-state index is 13.1. The van der Waals surface area contributed by atoms with E-state index >= 15 is 0 Å². The number of nitrogens with one attached hydrogen (secondary N) is 2. The fourth-order valence-electron chi connectivity index (χ4n) is 3.28. The molecule has 1 aliphatic rings. The zero-order valence-electron chi connectivity index (χ0n) is 15.2. The first-order valence-electron chi connectivity index (χ1n) is 8.64. The lowest BCUT2D eigenvalue weighted by molar-refractivity contribution is -0.134. The molecule has 1 heterocycles. The Morgan fingerprint density at radius 3 is 2.25 bits per heavy atom. The first-order chi connectivity index (χ1) is 11.4. The Morgan fingerprint density at radius 1 is 1.12 bits per heavy atom. The van der Waals surface area contributed by atoms with Gasteiger partial charge in [0.25, 0.3) is 0 Å². The van der Waals surface area contributed by atoms with Crippen LogP contribution in [0.15, 0.2) is 30.3 Å². The summed E-state index contributed by atoms with van der Waals surface area (Å²) in [5, 5.41) is 0. The van der Waals surface area contributed by atoms with Crippen LogP contribution in [0.4, 0.5) is 0 Å². The number of nitrogens with zero attached hydrogens (tertiary/aromatic N) is 2. The predicted octanol–water partition coefficient (Wildman–Crippen LogP) is 0.405. The van der Waals surface area contributed by atoms with E-state index in [0.29, 0.717) is 13.1 Å². The number of benzene rings is 1. The molecule has 24 heavy (non-hydrogen) atoms. The lowest BCUT2D eigenvalue weighted by atomic mass is 9.88. The monoisotopic (exact) mass is 333 g/mol. The van der Waals surface area contributed by atoms with Crippen molar-refractivity contribution >= 4 is 5.91 Å². The van der Waals surface area contributed by atoms with E-state index in [1.807, 2.05) is 49.3 Å². The van der Waals surface area contributed by atoms with Gasteiger partial charge in [0.1, 0.15) is 0 Å². The molecule has 0 aromatic heterocycles. The first-order valence-corrected chi connectivity index (χ1v) is 8.64. The summed E-state index contributed by atoms with van der Waals surface area (Å²) in [4.78, 5) is 17.0. The van der Waals surface area contributed by atoms with Crippen LogP contribution in [0.2, 0.25) is 0 Å². The lowest BCUT2D eigenvalue weighted by Crippen LogP contribution is -2.53. The van der Waals surface area contributed by atoms with Gasteiger partial charge in [-0.2, -0.15) is 0 Å². The number of carbonyl (C=O) groups excluding carboxylic acids is 1. The second-order valence-corrected chi connectivity index (χ2v) is 7.02. The standard InChI is InChI=1S/C18H31N5O/c1-13-16(14(2)21-20-13)17(19)18(24)23(11-10-22(3)4)12-15-8-6-5-7-9-15/h5-9,13-14,16-17,20-21H,10-12,19H2,1-4H3. The number of hydrazine groups is 1.